The Morgan fingerprint density at radius 2 is 2.06 bits per heavy atom. The average molecular weight is 331 g/mol. The second kappa shape index (κ2) is 5.96. The normalized spacial score (nSPS) is 13.5. The molecule has 0 saturated heterocycles. The van der Waals surface area contributed by atoms with Crippen molar-refractivity contribution in [2.24, 2.45) is 5.92 Å². The zero-order valence-corrected chi connectivity index (χ0v) is 11.5. The van der Waals surface area contributed by atoms with E-state index < -0.39 is 11.7 Å². The number of anilines is 1. The molecule has 0 amide bonds. The van der Waals surface area contributed by atoms with Crippen LogP contribution in [-0.2, 0) is 6.18 Å². The first-order chi connectivity index (χ1) is 7.84. The number of halogens is 5. The van der Waals surface area contributed by atoms with E-state index >= 15 is 0 Å². The molecule has 1 aromatic rings. The van der Waals surface area contributed by atoms with Crippen LogP contribution in [0.4, 0.5) is 18.9 Å². The van der Waals surface area contributed by atoms with Crippen LogP contribution in [0.3, 0.4) is 0 Å². The summed E-state index contributed by atoms with van der Waals surface area (Å²) in [6.07, 6.45) is -4.31. The molecule has 0 saturated carbocycles. The highest BCUT2D eigenvalue weighted by atomic mass is 79.9. The summed E-state index contributed by atoms with van der Waals surface area (Å²) in [5, 5.41) is 3.04. The monoisotopic (exact) mass is 329 g/mol. The van der Waals surface area contributed by atoms with Crippen LogP contribution in [0.25, 0.3) is 0 Å². The van der Waals surface area contributed by atoms with Crippen LogP contribution in [0.5, 0.6) is 0 Å². The van der Waals surface area contributed by atoms with Crippen LogP contribution in [-0.4, -0.2) is 12.4 Å². The molecule has 0 spiro atoms. The topological polar surface area (TPSA) is 12.0 Å². The summed E-state index contributed by atoms with van der Waals surface area (Å²) in [5.74, 6) is 0.761. The Labute approximate surface area is 111 Å². The van der Waals surface area contributed by atoms with Crippen molar-refractivity contribution in [1.29, 1.82) is 0 Å². The molecule has 1 aromatic carbocycles. The summed E-state index contributed by atoms with van der Waals surface area (Å²) in [5.41, 5.74) is -0.0321. The van der Waals surface area contributed by atoms with E-state index in [4.69, 9.17) is 11.6 Å². The van der Waals surface area contributed by atoms with Gasteiger partial charge in [-0.25, -0.2) is 0 Å². The zero-order valence-electron chi connectivity index (χ0n) is 9.11. The predicted molar refractivity (Wildman–Crippen MR) is 67.5 cm³/mol. The van der Waals surface area contributed by atoms with Gasteiger partial charge < -0.3 is 5.32 Å². The van der Waals surface area contributed by atoms with E-state index in [1.807, 2.05) is 6.92 Å². The van der Waals surface area contributed by atoms with Gasteiger partial charge in [-0.3, -0.25) is 0 Å². The van der Waals surface area contributed by atoms with Crippen molar-refractivity contribution in [3.63, 3.8) is 0 Å². The van der Waals surface area contributed by atoms with Gasteiger partial charge in [-0.05, 0) is 40.0 Å². The molecule has 0 aliphatic rings. The lowest BCUT2D eigenvalue weighted by molar-refractivity contribution is -0.137. The summed E-state index contributed by atoms with van der Waals surface area (Å²) in [6.45, 7) is 2.57. The largest absolute Gasteiger partial charge is 0.416 e. The Morgan fingerprint density at radius 1 is 1.41 bits per heavy atom. The molecule has 0 aliphatic carbocycles. The molecule has 0 aromatic heterocycles. The highest BCUT2D eigenvalue weighted by Gasteiger charge is 2.30. The van der Waals surface area contributed by atoms with Gasteiger partial charge in [-0.15, -0.1) is 11.6 Å². The van der Waals surface area contributed by atoms with E-state index in [1.165, 1.54) is 6.07 Å². The fourth-order valence-corrected chi connectivity index (χ4v) is 1.80. The lowest BCUT2D eigenvalue weighted by Gasteiger charge is -2.14. The van der Waals surface area contributed by atoms with Crippen molar-refractivity contribution in [2.45, 2.75) is 13.1 Å². The first-order valence-corrected chi connectivity index (χ1v) is 6.34. The van der Waals surface area contributed by atoms with Crippen molar-refractivity contribution in [3.8, 4) is 0 Å². The molecule has 1 rings (SSSR count). The Hall–Kier alpha value is -0.420. The van der Waals surface area contributed by atoms with Gasteiger partial charge >= 0.3 is 6.18 Å². The third kappa shape index (κ3) is 4.39. The second-order valence-corrected chi connectivity index (χ2v) is 5.00. The maximum atomic E-state index is 12.4. The van der Waals surface area contributed by atoms with E-state index in [-0.39, 0.29) is 5.92 Å². The molecule has 96 valence electrons. The quantitative estimate of drug-likeness (QED) is 0.785. The van der Waals surface area contributed by atoms with Crippen LogP contribution >= 0.6 is 27.5 Å². The van der Waals surface area contributed by atoms with E-state index in [0.717, 1.165) is 12.1 Å². The molecule has 17 heavy (non-hydrogen) atoms. The summed E-state index contributed by atoms with van der Waals surface area (Å²) < 4.78 is 37.6. The molecule has 1 N–H and O–H groups in total. The molecule has 0 fully saturated rings. The number of alkyl halides is 4. The lowest BCUT2D eigenvalue weighted by atomic mass is 10.2. The second-order valence-electron chi connectivity index (χ2n) is 3.83. The van der Waals surface area contributed by atoms with Gasteiger partial charge in [0.05, 0.1) is 5.56 Å². The minimum absolute atomic E-state index is 0.255. The molecular formula is C11H12BrClF3N. The van der Waals surface area contributed by atoms with E-state index in [1.54, 1.807) is 0 Å². The van der Waals surface area contributed by atoms with Crippen LogP contribution in [0.2, 0.25) is 0 Å². The molecule has 0 heterocycles. The first-order valence-electron chi connectivity index (χ1n) is 5.01. The van der Waals surface area contributed by atoms with Gasteiger partial charge in [0.15, 0.2) is 0 Å². The maximum Gasteiger partial charge on any atom is 0.416 e. The van der Waals surface area contributed by atoms with Crippen molar-refractivity contribution >= 4 is 33.2 Å². The van der Waals surface area contributed by atoms with Crippen LogP contribution < -0.4 is 5.32 Å². The van der Waals surface area contributed by atoms with E-state index in [2.05, 4.69) is 21.2 Å². The summed E-state index contributed by atoms with van der Waals surface area (Å²) in [7, 11) is 0. The molecule has 1 atom stereocenters. The highest BCUT2D eigenvalue weighted by Crippen LogP contribution is 2.33. The summed E-state index contributed by atoms with van der Waals surface area (Å²) >= 11 is 8.76. The molecular weight excluding hydrogens is 318 g/mol. The third-order valence-electron chi connectivity index (χ3n) is 2.20. The van der Waals surface area contributed by atoms with Crippen LogP contribution in [0.15, 0.2) is 22.7 Å². The minimum atomic E-state index is -4.31. The van der Waals surface area contributed by atoms with Gasteiger partial charge in [0.25, 0.3) is 0 Å². The van der Waals surface area contributed by atoms with Gasteiger partial charge in [0, 0.05) is 22.6 Å². The van der Waals surface area contributed by atoms with Crippen LogP contribution in [0, 0.1) is 5.92 Å². The van der Waals surface area contributed by atoms with Gasteiger partial charge in [-0.2, -0.15) is 13.2 Å². The smallest absolute Gasteiger partial charge is 0.384 e. The standard InChI is InChI=1S/C11H12BrClF3N/c1-7(5-13)6-17-10-3-2-8(4-9(10)12)11(14,15)16/h2-4,7,17H,5-6H2,1H3. The summed E-state index contributed by atoms with van der Waals surface area (Å²) in [4.78, 5) is 0. The zero-order chi connectivity index (χ0) is 13.1. The molecule has 0 aliphatic heterocycles. The summed E-state index contributed by atoms with van der Waals surface area (Å²) in [6, 6.07) is 3.53. The average Bonchev–Trinajstić information content (AvgIpc) is 2.25. The van der Waals surface area contributed by atoms with E-state index in [0.29, 0.717) is 22.6 Å². The Bertz CT molecular complexity index is 381. The molecule has 0 bridgehead atoms. The Balaban J connectivity index is 2.77. The van der Waals surface area contributed by atoms with Gasteiger partial charge in [0.1, 0.15) is 0 Å². The minimum Gasteiger partial charge on any atom is -0.384 e. The maximum absolute atomic E-state index is 12.4. The predicted octanol–water partition coefficient (Wildman–Crippen LogP) is 4.75. The number of hydrogen-bond acceptors (Lipinski definition) is 1. The number of nitrogens with one attached hydrogen (secondary N) is 1. The molecule has 0 radical (unpaired) electrons. The lowest BCUT2D eigenvalue weighted by Crippen LogP contribution is -2.13. The van der Waals surface area contributed by atoms with Crippen LogP contribution in [0.1, 0.15) is 12.5 Å². The first kappa shape index (κ1) is 14.6. The van der Waals surface area contributed by atoms with Crippen molar-refractivity contribution in [2.75, 3.05) is 17.7 Å². The highest BCUT2D eigenvalue weighted by molar-refractivity contribution is 9.10. The van der Waals surface area contributed by atoms with Gasteiger partial charge in [-0.1, -0.05) is 6.92 Å². The molecule has 1 nitrogen and oxygen atoms in total. The number of benzene rings is 1. The van der Waals surface area contributed by atoms with Crippen molar-refractivity contribution in [3.05, 3.63) is 28.2 Å². The molecule has 1 unspecified atom stereocenters. The SMILES string of the molecule is CC(CCl)CNc1ccc(C(F)(F)F)cc1Br. The third-order valence-corrected chi connectivity index (χ3v) is 3.38. The molecule has 6 heteroatoms. The Morgan fingerprint density at radius 3 is 2.53 bits per heavy atom. The fourth-order valence-electron chi connectivity index (χ4n) is 1.17. The van der Waals surface area contributed by atoms with Crippen molar-refractivity contribution in [1.82, 2.24) is 0 Å². The fraction of sp³-hybridized carbons (Fsp3) is 0.455. The number of rotatable bonds is 4. The number of hydrogen-bond donors (Lipinski definition) is 1. The van der Waals surface area contributed by atoms with E-state index in [9.17, 15) is 13.2 Å². The van der Waals surface area contributed by atoms with Crippen molar-refractivity contribution < 1.29 is 13.2 Å². The Kier molecular flexibility index (Phi) is 5.13. The van der Waals surface area contributed by atoms with Gasteiger partial charge in [0.2, 0.25) is 0 Å².